The van der Waals surface area contributed by atoms with Crippen molar-refractivity contribution in [3.63, 3.8) is 0 Å². The van der Waals surface area contributed by atoms with Crippen LogP contribution in [0.1, 0.15) is 86.0 Å². The minimum Gasteiger partial charge on any atom is -0.481 e. The van der Waals surface area contributed by atoms with Gasteiger partial charge in [0.15, 0.2) is 0 Å². The Hall–Kier alpha value is -1.79. The minimum atomic E-state index is -0.956. The Labute approximate surface area is 169 Å². The zero-order valence-corrected chi connectivity index (χ0v) is 18.2. The number of ether oxygens (including phenoxy) is 2. The van der Waals surface area contributed by atoms with Gasteiger partial charge in [-0.1, -0.05) is 66.7 Å². The quantitative estimate of drug-likeness (QED) is 0.233. The van der Waals surface area contributed by atoms with Crippen LogP contribution in [0.15, 0.2) is 0 Å². The monoisotopic (exact) mass is 401 g/mol. The third-order valence-corrected chi connectivity index (χ3v) is 4.59. The van der Waals surface area contributed by atoms with E-state index in [4.69, 9.17) is 14.6 Å². The maximum absolute atomic E-state index is 12.1. The molecule has 0 unspecified atom stereocenters. The summed E-state index contributed by atoms with van der Waals surface area (Å²) in [7, 11) is 0. The van der Waals surface area contributed by atoms with Crippen LogP contribution in [-0.2, 0) is 19.1 Å². The number of alkyl carbamates (subject to hydrolysis) is 1. The van der Waals surface area contributed by atoms with E-state index in [2.05, 4.69) is 19.2 Å². The van der Waals surface area contributed by atoms with Crippen molar-refractivity contribution in [2.24, 2.45) is 17.8 Å². The third-order valence-electron chi connectivity index (χ3n) is 4.59. The summed E-state index contributed by atoms with van der Waals surface area (Å²) in [6.45, 7) is 9.75. The standard InChI is InChI=1S/C21H39NO6/c1-6-8-9-10-11-16(5)12-17(13-18(23)24)14-22-21(26)28-20(15(3)4)27-19(25)7-2/h15-17,20H,6-14H2,1-5H3,(H,22,26)(H,23,24)/t16-,17+,20+/m1/s1. The largest absolute Gasteiger partial charge is 0.481 e. The van der Waals surface area contributed by atoms with Gasteiger partial charge in [-0.2, -0.15) is 0 Å². The Balaban J connectivity index is 4.52. The molecular weight excluding hydrogens is 362 g/mol. The topological polar surface area (TPSA) is 102 Å². The molecule has 0 aliphatic heterocycles. The van der Waals surface area contributed by atoms with Gasteiger partial charge in [-0.15, -0.1) is 0 Å². The fraction of sp³-hybridized carbons (Fsp3) is 0.857. The molecule has 0 aliphatic rings. The molecule has 0 aliphatic carbocycles. The highest BCUT2D eigenvalue weighted by Crippen LogP contribution is 2.21. The van der Waals surface area contributed by atoms with Gasteiger partial charge in [0.05, 0.1) is 0 Å². The van der Waals surface area contributed by atoms with E-state index in [0.29, 0.717) is 5.92 Å². The fourth-order valence-corrected chi connectivity index (χ4v) is 2.98. The lowest BCUT2D eigenvalue weighted by atomic mass is 9.89. The number of esters is 1. The molecule has 0 aromatic heterocycles. The molecule has 0 aromatic carbocycles. The lowest BCUT2D eigenvalue weighted by molar-refractivity contribution is -0.174. The smallest absolute Gasteiger partial charge is 0.410 e. The molecule has 2 N–H and O–H groups in total. The zero-order chi connectivity index (χ0) is 21.5. The van der Waals surface area contributed by atoms with Crippen molar-refractivity contribution in [1.29, 1.82) is 0 Å². The Morgan fingerprint density at radius 3 is 2.21 bits per heavy atom. The molecule has 3 atom stereocenters. The fourth-order valence-electron chi connectivity index (χ4n) is 2.98. The maximum Gasteiger partial charge on any atom is 0.410 e. The van der Waals surface area contributed by atoms with Crippen molar-refractivity contribution in [3.8, 4) is 0 Å². The normalized spacial score (nSPS) is 14.2. The number of carboxylic acid groups (broad SMARTS) is 1. The Morgan fingerprint density at radius 2 is 1.68 bits per heavy atom. The van der Waals surface area contributed by atoms with Crippen molar-refractivity contribution in [3.05, 3.63) is 0 Å². The summed E-state index contributed by atoms with van der Waals surface area (Å²) >= 11 is 0. The first kappa shape index (κ1) is 26.2. The second-order valence-electron chi connectivity index (χ2n) is 7.90. The number of aliphatic carboxylic acids is 1. The number of carbonyl (C=O) groups is 3. The highest BCUT2D eigenvalue weighted by atomic mass is 16.7. The third kappa shape index (κ3) is 13.4. The van der Waals surface area contributed by atoms with Crippen LogP contribution in [0.3, 0.4) is 0 Å². The predicted octanol–water partition coefficient (Wildman–Crippen LogP) is 4.74. The van der Waals surface area contributed by atoms with E-state index >= 15 is 0 Å². The molecule has 164 valence electrons. The van der Waals surface area contributed by atoms with E-state index in [-0.39, 0.29) is 31.2 Å². The molecule has 7 nitrogen and oxygen atoms in total. The Bertz CT molecular complexity index is 466. The molecule has 0 rings (SSSR count). The number of hydrogen-bond donors (Lipinski definition) is 2. The molecule has 0 heterocycles. The van der Waals surface area contributed by atoms with Gasteiger partial charge in [0, 0.05) is 25.3 Å². The molecule has 0 radical (unpaired) electrons. The first-order chi connectivity index (χ1) is 13.2. The summed E-state index contributed by atoms with van der Waals surface area (Å²) in [6.07, 6.45) is 5.08. The number of carboxylic acids is 1. The highest BCUT2D eigenvalue weighted by molar-refractivity contribution is 5.70. The summed E-state index contributed by atoms with van der Waals surface area (Å²) in [5.74, 6) is -1.27. The number of hydrogen-bond acceptors (Lipinski definition) is 5. The number of unbranched alkanes of at least 4 members (excludes halogenated alkanes) is 3. The van der Waals surface area contributed by atoms with Crippen LogP contribution in [0, 0.1) is 17.8 Å². The van der Waals surface area contributed by atoms with Gasteiger partial charge < -0.3 is 19.9 Å². The summed E-state index contributed by atoms with van der Waals surface area (Å²) in [5, 5.41) is 11.8. The first-order valence-corrected chi connectivity index (χ1v) is 10.5. The van der Waals surface area contributed by atoms with Gasteiger partial charge in [0.2, 0.25) is 0 Å². The van der Waals surface area contributed by atoms with Crippen LogP contribution in [0.5, 0.6) is 0 Å². The Morgan fingerprint density at radius 1 is 1.00 bits per heavy atom. The molecule has 0 saturated heterocycles. The van der Waals surface area contributed by atoms with Gasteiger partial charge >= 0.3 is 18.0 Å². The van der Waals surface area contributed by atoms with Crippen LogP contribution in [0.25, 0.3) is 0 Å². The van der Waals surface area contributed by atoms with E-state index in [1.54, 1.807) is 20.8 Å². The molecule has 0 aromatic rings. The van der Waals surface area contributed by atoms with Gasteiger partial charge in [-0.25, -0.2) is 4.79 Å². The second-order valence-corrected chi connectivity index (χ2v) is 7.90. The maximum atomic E-state index is 12.1. The molecule has 7 heteroatoms. The van der Waals surface area contributed by atoms with E-state index in [1.807, 2.05) is 0 Å². The van der Waals surface area contributed by atoms with Crippen molar-refractivity contribution >= 4 is 18.0 Å². The van der Waals surface area contributed by atoms with Gasteiger partial charge in [-0.3, -0.25) is 9.59 Å². The van der Waals surface area contributed by atoms with Crippen molar-refractivity contribution < 1.29 is 29.0 Å². The molecule has 0 fully saturated rings. The average molecular weight is 402 g/mol. The van der Waals surface area contributed by atoms with E-state index in [1.165, 1.54) is 19.3 Å². The molecule has 0 bridgehead atoms. The lowest BCUT2D eigenvalue weighted by Gasteiger charge is -2.23. The van der Waals surface area contributed by atoms with Gasteiger partial charge in [0.1, 0.15) is 0 Å². The Kier molecular flexibility index (Phi) is 14.2. The summed E-state index contributed by atoms with van der Waals surface area (Å²) < 4.78 is 10.3. The van der Waals surface area contributed by atoms with Crippen LogP contribution in [0.4, 0.5) is 4.79 Å². The average Bonchev–Trinajstić information content (AvgIpc) is 2.62. The van der Waals surface area contributed by atoms with Crippen molar-refractivity contribution in [1.82, 2.24) is 5.32 Å². The van der Waals surface area contributed by atoms with Crippen LogP contribution in [0.2, 0.25) is 0 Å². The zero-order valence-electron chi connectivity index (χ0n) is 18.2. The number of carbonyl (C=O) groups excluding carboxylic acids is 2. The number of amides is 1. The summed E-state index contributed by atoms with van der Waals surface area (Å²) in [5.41, 5.74) is 0. The highest BCUT2D eigenvalue weighted by Gasteiger charge is 2.23. The van der Waals surface area contributed by atoms with Crippen molar-refractivity contribution in [2.45, 2.75) is 92.3 Å². The molecule has 0 saturated carbocycles. The summed E-state index contributed by atoms with van der Waals surface area (Å²) in [6, 6.07) is 0. The first-order valence-electron chi connectivity index (χ1n) is 10.5. The van der Waals surface area contributed by atoms with Crippen molar-refractivity contribution in [2.75, 3.05) is 6.54 Å². The molecule has 0 spiro atoms. The number of rotatable bonds is 15. The van der Waals surface area contributed by atoms with E-state index in [0.717, 1.165) is 19.3 Å². The molecular formula is C21H39NO6. The molecule has 28 heavy (non-hydrogen) atoms. The molecule has 1 amide bonds. The number of nitrogens with one attached hydrogen (secondary N) is 1. The van der Waals surface area contributed by atoms with Crippen LogP contribution in [-0.4, -0.2) is 36.0 Å². The summed E-state index contributed by atoms with van der Waals surface area (Å²) in [4.78, 5) is 34.7. The SMILES string of the molecule is CCCCCC[C@@H](C)C[C@H](CNC(=O)O[C@H](OC(=O)CC)C(C)C)CC(=O)O. The van der Waals surface area contributed by atoms with Gasteiger partial charge in [0.25, 0.3) is 6.29 Å². The van der Waals surface area contributed by atoms with Gasteiger partial charge in [-0.05, 0) is 18.3 Å². The van der Waals surface area contributed by atoms with Crippen LogP contribution < -0.4 is 5.32 Å². The minimum absolute atomic E-state index is 0.00197. The van der Waals surface area contributed by atoms with E-state index in [9.17, 15) is 14.4 Å². The van der Waals surface area contributed by atoms with Crippen LogP contribution >= 0.6 is 0 Å². The predicted molar refractivity (Wildman–Crippen MR) is 108 cm³/mol. The second kappa shape index (κ2) is 15.2. The lowest BCUT2D eigenvalue weighted by Crippen LogP contribution is -2.37. The van der Waals surface area contributed by atoms with E-state index < -0.39 is 24.3 Å².